The average Bonchev–Trinajstić information content (AvgIpc) is 2.77. The molecular formula is C26H48FN5O. The van der Waals surface area contributed by atoms with Crippen LogP contribution in [0, 0.1) is 11.3 Å². The molecule has 0 radical (unpaired) electrons. The predicted octanol–water partition coefficient (Wildman–Crippen LogP) is 5.67. The maximum absolute atomic E-state index is 13.6. The van der Waals surface area contributed by atoms with Gasteiger partial charge < -0.3 is 10.1 Å². The highest BCUT2D eigenvalue weighted by molar-refractivity contribution is 5.94. The fraction of sp³-hybridized carbons (Fsp3) is 0.731. The summed E-state index contributed by atoms with van der Waals surface area (Å²) in [6.45, 7) is 16.5. The van der Waals surface area contributed by atoms with E-state index >= 15 is 0 Å². The molecule has 0 saturated heterocycles. The molecule has 0 rings (SSSR count). The second-order valence-corrected chi connectivity index (χ2v) is 9.39. The van der Waals surface area contributed by atoms with E-state index in [1.54, 1.807) is 7.05 Å². The van der Waals surface area contributed by atoms with Crippen molar-refractivity contribution in [1.29, 1.82) is 0 Å². The number of allylic oxidation sites excluding steroid dienone is 3. The van der Waals surface area contributed by atoms with Crippen molar-refractivity contribution in [1.82, 2.24) is 10.2 Å². The molecule has 0 aromatic rings. The Labute approximate surface area is 202 Å². The number of hydrogen-bond donors (Lipinski definition) is 1. The van der Waals surface area contributed by atoms with Gasteiger partial charge in [-0.15, -0.1) is 0 Å². The normalized spacial score (nSPS) is 17.1. The fourth-order valence-electron chi connectivity index (χ4n) is 3.64. The summed E-state index contributed by atoms with van der Waals surface area (Å²) < 4.78 is 19.4. The number of alkyl halides is 1. The molecule has 0 fully saturated rings. The maximum atomic E-state index is 13.6. The highest BCUT2D eigenvalue weighted by atomic mass is 19.1. The smallest absolute Gasteiger partial charge is 0.222 e. The van der Waals surface area contributed by atoms with Gasteiger partial charge in [-0.1, -0.05) is 45.1 Å². The molecule has 33 heavy (non-hydrogen) atoms. The van der Waals surface area contributed by atoms with Gasteiger partial charge in [-0.3, -0.25) is 19.3 Å². The number of rotatable bonds is 15. The van der Waals surface area contributed by atoms with Gasteiger partial charge in [0.1, 0.15) is 6.54 Å². The first-order valence-corrected chi connectivity index (χ1v) is 12.0. The van der Waals surface area contributed by atoms with E-state index in [0.717, 1.165) is 25.7 Å². The number of hydrogen-bond acceptors (Lipinski definition) is 4. The molecule has 190 valence electrons. The second-order valence-electron chi connectivity index (χ2n) is 9.39. The van der Waals surface area contributed by atoms with Gasteiger partial charge in [0.15, 0.2) is 0 Å². The molecule has 3 unspecified atom stereocenters. The lowest BCUT2D eigenvalue weighted by Gasteiger charge is -2.30. The molecule has 0 heterocycles. The SMILES string of the molecule is C=NCC(=NC(=NC)NC(C)N(C)C(C)/C=C\C/C=C\C)OCCCC(C)(CF)CC(C)C. The first-order valence-electron chi connectivity index (χ1n) is 12.0. The molecule has 6 nitrogen and oxygen atoms in total. The first kappa shape index (κ1) is 31.0. The summed E-state index contributed by atoms with van der Waals surface area (Å²) >= 11 is 0. The van der Waals surface area contributed by atoms with Gasteiger partial charge in [0.25, 0.3) is 0 Å². The summed E-state index contributed by atoms with van der Waals surface area (Å²) in [4.78, 5) is 14.9. The average molecular weight is 466 g/mol. The highest BCUT2D eigenvalue weighted by Gasteiger charge is 2.25. The Bertz CT molecular complexity index is 659. The molecule has 0 bridgehead atoms. The van der Waals surface area contributed by atoms with E-state index < -0.39 is 0 Å². The number of halogens is 1. The van der Waals surface area contributed by atoms with Crippen LogP contribution in [-0.4, -0.2) is 69.6 Å². The Balaban J connectivity index is 4.92. The topological polar surface area (TPSA) is 61.6 Å². The number of guanidine groups is 1. The largest absolute Gasteiger partial charge is 0.479 e. The second kappa shape index (κ2) is 17.5. The summed E-state index contributed by atoms with van der Waals surface area (Å²) in [5.74, 6) is 1.40. The van der Waals surface area contributed by atoms with E-state index in [1.807, 2.05) is 19.9 Å². The minimum atomic E-state index is -0.314. The van der Waals surface area contributed by atoms with Crippen LogP contribution >= 0.6 is 0 Å². The van der Waals surface area contributed by atoms with Crippen LogP contribution in [0.25, 0.3) is 0 Å². The Morgan fingerprint density at radius 3 is 2.48 bits per heavy atom. The molecule has 0 aliphatic carbocycles. The molecule has 0 aromatic heterocycles. The third-order valence-corrected chi connectivity index (χ3v) is 5.62. The van der Waals surface area contributed by atoms with Crippen LogP contribution in [-0.2, 0) is 4.74 Å². The summed E-state index contributed by atoms with van der Waals surface area (Å²) in [5.41, 5.74) is -0.304. The van der Waals surface area contributed by atoms with Gasteiger partial charge >= 0.3 is 0 Å². The number of nitrogens with zero attached hydrogens (tertiary/aromatic N) is 4. The van der Waals surface area contributed by atoms with Crippen molar-refractivity contribution >= 4 is 18.6 Å². The Morgan fingerprint density at radius 2 is 1.94 bits per heavy atom. The van der Waals surface area contributed by atoms with Crippen LogP contribution in [0.4, 0.5) is 4.39 Å². The Hall–Kier alpha value is -2.02. The number of aliphatic imine (C=N–C) groups is 3. The van der Waals surface area contributed by atoms with Crippen LogP contribution in [0.1, 0.15) is 67.2 Å². The quantitative estimate of drug-likeness (QED) is 0.111. The minimum Gasteiger partial charge on any atom is -0.479 e. The zero-order valence-electron chi connectivity index (χ0n) is 22.3. The summed E-state index contributed by atoms with van der Waals surface area (Å²) in [6.07, 6.45) is 11.8. The molecule has 7 heteroatoms. The van der Waals surface area contributed by atoms with Gasteiger partial charge in [-0.25, -0.2) is 0 Å². The molecule has 1 N–H and O–H groups in total. The van der Waals surface area contributed by atoms with E-state index in [9.17, 15) is 4.39 Å². The van der Waals surface area contributed by atoms with Gasteiger partial charge in [-0.05, 0) is 71.6 Å². The molecule has 0 aromatic carbocycles. The van der Waals surface area contributed by atoms with Crippen molar-refractivity contribution in [3.8, 4) is 0 Å². The summed E-state index contributed by atoms with van der Waals surface area (Å²) in [6, 6.07) is 0.251. The third kappa shape index (κ3) is 14.0. The van der Waals surface area contributed by atoms with Crippen LogP contribution < -0.4 is 5.32 Å². The Morgan fingerprint density at radius 1 is 1.24 bits per heavy atom. The summed E-state index contributed by atoms with van der Waals surface area (Å²) in [7, 11) is 3.75. The van der Waals surface area contributed by atoms with E-state index in [2.05, 4.69) is 84.9 Å². The standard InChI is InChI=1S/C26H48FN5O/c1-10-11-12-13-15-22(4)32(9)23(5)30-25(29-8)31-24(19-28-7)33-17-14-16-26(6,20-27)18-21(2)3/h10-11,13,15,21-23H,7,12,14,16-20H2,1-6,8-9H3,(H,29,30)/b11-10-,15-13-,31-24?. The van der Waals surface area contributed by atoms with E-state index in [0.29, 0.717) is 24.4 Å². The number of likely N-dealkylation sites (N-methyl/N-ethyl adjacent to an activating group) is 1. The van der Waals surface area contributed by atoms with Crippen LogP contribution in [0.2, 0.25) is 0 Å². The lowest BCUT2D eigenvalue weighted by Crippen LogP contribution is -2.47. The van der Waals surface area contributed by atoms with Crippen molar-refractivity contribution < 1.29 is 9.13 Å². The van der Waals surface area contributed by atoms with Crippen LogP contribution in [0.3, 0.4) is 0 Å². The lowest BCUT2D eigenvalue weighted by atomic mass is 9.79. The van der Waals surface area contributed by atoms with Gasteiger partial charge in [0.05, 0.1) is 19.4 Å². The molecular weight excluding hydrogens is 417 g/mol. The van der Waals surface area contributed by atoms with Crippen molar-refractivity contribution in [2.45, 2.75) is 79.4 Å². The van der Waals surface area contributed by atoms with E-state index in [4.69, 9.17) is 4.74 Å². The van der Waals surface area contributed by atoms with Gasteiger partial charge in [0, 0.05) is 13.1 Å². The van der Waals surface area contributed by atoms with Crippen LogP contribution in [0.15, 0.2) is 39.3 Å². The monoisotopic (exact) mass is 465 g/mol. The third-order valence-electron chi connectivity index (χ3n) is 5.62. The van der Waals surface area contributed by atoms with E-state index in [-0.39, 0.29) is 30.8 Å². The van der Waals surface area contributed by atoms with Crippen molar-refractivity contribution in [3.05, 3.63) is 24.3 Å². The van der Waals surface area contributed by atoms with Gasteiger partial charge in [-0.2, -0.15) is 4.99 Å². The molecule has 3 atom stereocenters. The number of ether oxygens (including phenoxy) is 1. The fourth-order valence-corrected chi connectivity index (χ4v) is 3.64. The highest BCUT2D eigenvalue weighted by Crippen LogP contribution is 2.31. The molecule has 0 spiro atoms. The van der Waals surface area contributed by atoms with Crippen molar-refractivity contribution in [3.63, 3.8) is 0 Å². The zero-order valence-corrected chi connectivity index (χ0v) is 22.3. The number of nitrogens with one attached hydrogen (secondary N) is 1. The molecule has 0 aliphatic heterocycles. The summed E-state index contributed by atoms with van der Waals surface area (Å²) in [5, 5.41) is 3.33. The molecule has 0 aliphatic rings. The van der Waals surface area contributed by atoms with Crippen molar-refractivity contribution in [2.24, 2.45) is 26.3 Å². The Kier molecular flexibility index (Phi) is 16.4. The zero-order chi connectivity index (χ0) is 25.3. The van der Waals surface area contributed by atoms with Gasteiger partial charge in [0.2, 0.25) is 11.9 Å². The van der Waals surface area contributed by atoms with Crippen LogP contribution in [0.5, 0.6) is 0 Å². The maximum Gasteiger partial charge on any atom is 0.222 e. The van der Waals surface area contributed by atoms with Crippen molar-refractivity contribution in [2.75, 3.05) is 33.9 Å². The predicted molar refractivity (Wildman–Crippen MR) is 142 cm³/mol. The van der Waals surface area contributed by atoms with E-state index in [1.165, 1.54) is 0 Å². The minimum absolute atomic E-state index is 0.00746. The molecule has 0 saturated carbocycles. The lowest BCUT2D eigenvalue weighted by molar-refractivity contribution is 0.156. The molecule has 0 amide bonds. The first-order chi connectivity index (χ1) is 15.6.